The Morgan fingerprint density at radius 1 is 1.19 bits per heavy atom. The van der Waals surface area contributed by atoms with E-state index >= 15 is 0 Å². The monoisotopic (exact) mass is 506 g/mol. The Labute approximate surface area is 180 Å². The van der Waals surface area contributed by atoms with Gasteiger partial charge < -0.3 is 10.2 Å². The molecule has 0 aromatic heterocycles. The van der Waals surface area contributed by atoms with E-state index in [1.54, 1.807) is 7.05 Å². The van der Waals surface area contributed by atoms with Gasteiger partial charge >= 0.3 is 0 Å². The first kappa shape index (κ1) is 22.4. The predicted molar refractivity (Wildman–Crippen MR) is 121 cm³/mol. The number of hydrogen-bond donors (Lipinski definition) is 2. The van der Waals surface area contributed by atoms with Gasteiger partial charge in [0.1, 0.15) is 0 Å². The minimum Gasteiger partial charge on any atom is -0.355 e. The van der Waals surface area contributed by atoms with Gasteiger partial charge in [-0.3, -0.25) is 4.99 Å². The molecule has 1 aromatic rings. The van der Waals surface area contributed by atoms with Crippen molar-refractivity contribution in [3.8, 4) is 0 Å². The molecular formula is C19H31IN4O2S. The van der Waals surface area contributed by atoms with Gasteiger partial charge in [0.2, 0.25) is 10.0 Å². The second-order valence-corrected chi connectivity index (χ2v) is 9.40. The van der Waals surface area contributed by atoms with Crippen molar-refractivity contribution in [3.05, 3.63) is 35.9 Å². The molecule has 0 amide bonds. The fourth-order valence-electron chi connectivity index (χ4n) is 4.14. The van der Waals surface area contributed by atoms with E-state index in [1.807, 2.05) is 30.3 Å². The molecule has 8 heteroatoms. The molecule has 1 spiro atoms. The van der Waals surface area contributed by atoms with Crippen LogP contribution in [0, 0.1) is 5.41 Å². The van der Waals surface area contributed by atoms with Gasteiger partial charge in [-0.1, -0.05) is 43.2 Å². The van der Waals surface area contributed by atoms with Gasteiger partial charge in [-0.2, -0.15) is 0 Å². The van der Waals surface area contributed by atoms with Gasteiger partial charge in [0.15, 0.2) is 5.96 Å². The Kier molecular flexibility index (Phi) is 8.36. The molecule has 1 aliphatic carbocycles. The molecule has 1 aliphatic heterocycles. The first-order valence-corrected chi connectivity index (χ1v) is 11.1. The fourth-order valence-corrected chi connectivity index (χ4v) is 5.04. The topological polar surface area (TPSA) is 73.8 Å². The summed E-state index contributed by atoms with van der Waals surface area (Å²) in [5.41, 5.74) is 1.43. The van der Waals surface area contributed by atoms with Gasteiger partial charge in [-0.25, -0.2) is 13.1 Å². The molecule has 0 atom stereocenters. The van der Waals surface area contributed by atoms with E-state index in [0.717, 1.165) is 24.6 Å². The lowest BCUT2D eigenvalue weighted by Crippen LogP contribution is -2.43. The van der Waals surface area contributed by atoms with Gasteiger partial charge in [-0.05, 0) is 30.2 Å². The summed E-state index contributed by atoms with van der Waals surface area (Å²) in [7, 11) is -1.55. The lowest BCUT2D eigenvalue weighted by molar-refractivity contribution is 0.309. The van der Waals surface area contributed by atoms with Gasteiger partial charge in [0.25, 0.3) is 0 Å². The van der Waals surface area contributed by atoms with Crippen LogP contribution in [0.5, 0.6) is 0 Å². The SMILES string of the molecule is CN=C(NCCS(=O)(=O)NCc1ccccc1)N1CCC2(CCCC2)C1.I. The van der Waals surface area contributed by atoms with Crippen LogP contribution >= 0.6 is 24.0 Å². The number of likely N-dealkylation sites (tertiary alicyclic amines) is 1. The number of nitrogens with zero attached hydrogens (tertiary/aromatic N) is 2. The molecule has 1 saturated heterocycles. The van der Waals surface area contributed by atoms with E-state index in [2.05, 4.69) is 19.9 Å². The Balaban J connectivity index is 0.00000261. The summed E-state index contributed by atoms with van der Waals surface area (Å²) in [4.78, 5) is 6.64. The van der Waals surface area contributed by atoms with Crippen LogP contribution in [0.1, 0.15) is 37.7 Å². The van der Waals surface area contributed by atoms with E-state index < -0.39 is 10.0 Å². The van der Waals surface area contributed by atoms with E-state index in [1.165, 1.54) is 32.1 Å². The molecule has 1 heterocycles. The van der Waals surface area contributed by atoms with Crippen LogP contribution in [-0.4, -0.2) is 51.7 Å². The van der Waals surface area contributed by atoms with Gasteiger partial charge in [0, 0.05) is 33.2 Å². The van der Waals surface area contributed by atoms with E-state index in [4.69, 9.17) is 0 Å². The Morgan fingerprint density at radius 3 is 2.56 bits per heavy atom. The number of sulfonamides is 1. The summed E-state index contributed by atoms with van der Waals surface area (Å²) < 4.78 is 27.0. The lowest BCUT2D eigenvalue weighted by Gasteiger charge is -2.25. The van der Waals surface area contributed by atoms with Crippen LogP contribution in [0.15, 0.2) is 35.3 Å². The number of hydrogen-bond acceptors (Lipinski definition) is 3. The second kappa shape index (κ2) is 10.1. The highest BCUT2D eigenvalue weighted by atomic mass is 127. The molecule has 2 aliphatic rings. The van der Waals surface area contributed by atoms with Crippen LogP contribution < -0.4 is 10.0 Å². The minimum absolute atomic E-state index is 0. The average Bonchev–Trinajstić information content (AvgIpc) is 3.28. The molecule has 0 radical (unpaired) electrons. The molecule has 2 N–H and O–H groups in total. The number of nitrogens with one attached hydrogen (secondary N) is 2. The smallest absolute Gasteiger partial charge is 0.213 e. The van der Waals surface area contributed by atoms with E-state index in [-0.39, 0.29) is 29.7 Å². The maximum atomic E-state index is 12.2. The highest BCUT2D eigenvalue weighted by Crippen LogP contribution is 2.45. The van der Waals surface area contributed by atoms with Crippen molar-refractivity contribution in [3.63, 3.8) is 0 Å². The molecule has 6 nitrogen and oxygen atoms in total. The molecule has 0 bridgehead atoms. The highest BCUT2D eigenvalue weighted by Gasteiger charge is 2.41. The molecule has 1 saturated carbocycles. The van der Waals surface area contributed by atoms with Crippen LogP contribution in [0.3, 0.4) is 0 Å². The van der Waals surface area contributed by atoms with Gasteiger partial charge in [-0.15, -0.1) is 24.0 Å². The van der Waals surface area contributed by atoms with Crippen LogP contribution in [0.2, 0.25) is 0 Å². The zero-order valence-corrected chi connectivity index (χ0v) is 19.1. The third-order valence-electron chi connectivity index (χ3n) is 5.61. The number of rotatable bonds is 6. The lowest BCUT2D eigenvalue weighted by atomic mass is 9.86. The first-order chi connectivity index (χ1) is 12.5. The van der Waals surface area contributed by atoms with E-state index in [0.29, 0.717) is 18.5 Å². The summed E-state index contributed by atoms with van der Waals surface area (Å²) in [5.74, 6) is 0.865. The van der Waals surface area contributed by atoms with Crippen molar-refractivity contribution in [2.75, 3.05) is 32.4 Å². The molecule has 0 unspecified atom stereocenters. The number of guanidine groups is 1. The normalized spacial score (nSPS) is 19.3. The minimum atomic E-state index is -3.32. The third-order valence-corrected chi connectivity index (χ3v) is 6.93. The summed E-state index contributed by atoms with van der Waals surface area (Å²) >= 11 is 0. The standard InChI is InChI=1S/C19H30N4O2S.HI/c1-20-18(23-13-11-19(16-23)9-5-6-10-19)21-12-14-26(24,25)22-15-17-7-3-2-4-8-17;/h2-4,7-8,22H,5-6,9-16H2,1H3,(H,20,21);1H. The van der Waals surface area contributed by atoms with Crippen LogP contribution in [0.4, 0.5) is 0 Å². The van der Waals surface area contributed by atoms with Crippen molar-refractivity contribution < 1.29 is 8.42 Å². The number of halogens is 1. The van der Waals surface area contributed by atoms with Crippen molar-refractivity contribution in [2.45, 2.75) is 38.6 Å². The average molecular weight is 506 g/mol. The van der Waals surface area contributed by atoms with Gasteiger partial charge in [0.05, 0.1) is 5.75 Å². The third kappa shape index (κ3) is 6.32. The fraction of sp³-hybridized carbons (Fsp3) is 0.632. The van der Waals surface area contributed by atoms with Crippen LogP contribution in [-0.2, 0) is 16.6 Å². The largest absolute Gasteiger partial charge is 0.355 e. The van der Waals surface area contributed by atoms with Crippen molar-refractivity contribution in [2.24, 2.45) is 10.4 Å². The molecule has 1 aromatic carbocycles. The number of benzene rings is 1. The predicted octanol–water partition coefficient (Wildman–Crippen LogP) is 2.57. The maximum absolute atomic E-state index is 12.2. The Hall–Kier alpha value is -0.870. The van der Waals surface area contributed by atoms with E-state index in [9.17, 15) is 8.42 Å². The zero-order chi connectivity index (χ0) is 18.5. The highest BCUT2D eigenvalue weighted by molar-refractivity contribution is 14.0. The van der Waals surface area contributed by atoms with Crippen molar-refractivity contribution in [1.29, 1.82) is 0 Å². The molecule has 2 fully saturated rings. The van der Waals surface area contributed by atoms with Crippen molar-refractivity contribution >= 4 is 40.0 Å². The first-order valence-electron chi connectivity index (χ1n) is 9.49. The Bertz CT molecular complexity index is 718. The second-order valence-electron chi connectivity index (χ2n) is 7.48. The summed E-state index contributed by atoms with van der Waals surface area (Å²) in [6.07, 6.45) is 6.54. The quantitative estimate of drug-likeness (QED) is 0.354. The molecule has 27 heavy (non-hydrogen) atoms. The summed E-state index contributed by atoms with van der Waals surface area (Å²) in [6, 6.07) is 9.55. The number of aliphatic imine (C=N–C) groups is 1. The van der Waals surface area contributed by atoms with Crippen LogP contribution in [0.25, 0.3) is 0 Å². The molecule has 152 valence electrons. The molecular weight excluding hydrogens is 475 g/mol. The molecule has 3 rings (SSSR count). The zero-order valence-electron chi connectivity index (χ0n) is 16.0. The summed E-state index contributed by atoms with van der Waals surface area (Å²) in [5, 5.41) is 3.23. The Morgan fingerprint density at radius 2 is 1.89 bits per heavy atom. The maximum Gasteiger partial charge on any atom is 0.213 e. The summed E-state index contributed by atoms with van der Waals surface area (Å²) in [6.45, 7) is 2.75. The van der Waals surface area contributed by atoms with Crippen molar-refractivity contribution in [1.82, 2.24) is 14.9 Å².